The van der Waals surface area contributed by atoms with Crippen LogP contribution in [0.1, 0.15) is 65.2 Å². The maximum Gasteiger partial charge on any atom is 0.106 e. The van der Waals surface area contributed by atoms with Crippen LogP contribution in [0.15, 0.2) is 25.3 Å². The average Bonchev–Trinajstić information content (AvgIpc) is 2.42. The first-order valence-electron chi connectivity index (χ1n) is 7.90. The van der Waals surface area contributed by atoms with Gasteiger partial charge in [-0.15, -0.1) is 48.2 Å². The Balaban J connectivity index is 4.54. The first kappa shape index (κ1) is 22.2. The van der Waals surface area contributed by atoms with Gasteiger partial charge in [-0.2, -0.15) is 0 Å². The van der Waals surface area contributed by atoms with Crippen molar-refractivity contribution in [1.29, 1.82) is 0 Å². The molecule has 0 aliphatic rings. The zero-order chi connectivity index (χ0) is 16.1. The summed E-state index contributed by atoms with van der Waals surface area (Å²) in [6, 6.07) is 0. The lowest BCUT2D eigenvalue weighted by atomic mass is 10.1. The number of allylic oxidation sites excluding steroid dienone is 2. The van der Waals surface area contributed by atoms with Gasteiger partial charge in [0.25, 0.3) is 0 Å². The van der Waals surface area contributed by atoms with Crippen molar-refractivity contribution in [3.8, 4) is 0 Å². The van der Waals surface area contributed by atoms with Gasteiger partial charge in [-0.25, -0.2) is 0 Å². The van der Waals surface area contributed by atoms with Gasteiger partial charge in [-0.3, -0.25) is 0 Å². The molecular formula is C16H31PS4. The van der Waals surface area contributed by atoms with Crippen LogP contribution in [-0.2, 0) is 11.8 Å². The quantitative estimate of drug-likeness (QED) is 0.184. The van der Waals surface area contributed by atoms with E-state index in [1.54, 1.807) is 0 Å². The summed E-state index contributed by atoms with van der Waals surface area (Å²) in [5, 5.41) is 1.18. The third-order valence-electron chi connectivity index (χ3n) is 3.18. The van der Waals surface area contributed by atoms with Gasteiger partial charge in [0.1, 0.15) is 3.64 Å². The SMILES string of the molecule is C=CCC(CCCC)SP(=S)(S)SC(CC=C)CCCC. The number of hydrogen-bond donors (Lipinski definition) is 1. The van der Waals surface area contributed by atoms with Crippen molar-refractivity contribution < 1.29 is 0 Å². The fourth-order valence-corrected chi connectivity index (χ4v) is 14.6. The molecule has 0 spiro atoms. The van der Waals surface area contributed by atoms with Crippen molar-refractivity contribution in [2.24, 2.45) is 0 Å². The van der Waals surface area contributed by atoms with Crippen LogP contribution in [0.25, 0.3) is 0 Å². The lowest BCUT2D eigenvalue weighted by molar-refractivity contribution is 0.689. The molecule has 0 bridgehead atoms. The summed E-state index contributed by atoms with van der Waals surface area (Å²) in [6.45, 7) is 12.3. The lowest BCUT2D eigenvalue weighted by Gasteiger charge is -2.25. The van der Waals surface area contributed by atoms with E-state index >= 15 is 0 Å². The zero-order valence-electron chi connectivity index (χ0n) is 13.5. The van der Waals surface area contributed by atoms with Gasteiger partial charge in [-0.05, 0) is 25.7 Å². The van der Waals surface area contributed by atoms with Crippen molar-refractivity contribution in [2.75, 3.05) is 0 Å². The molecule has 0 radical (unpaired) electrons. The van der Waals surface area contributed by atoms with Crippen molar-refractivity contribution in [1.82, 2.24) is 0 Å². The van der Waals surface area contributed by atoms with E-state index in [1.165, 1.54) is 38.5 Å². The van der Waals surface area contributed by atoms with Crippen LogP contribution < -0.4 is 0 Å². The molecule has 2 atom stereocenters. The Morgan fingerprint density at radius 1 is 1.00 bits per heavy atom. The van der Waals surface area contributed by atoms with E-state index in [4.69, 9.17) is 24.1 Å². The zero-order valence-corrected chi connectivity index (χ0v) is 17.7. The molecule has 0 N–H and O–H groups in total. The van der Waals surface area contributed by atoms with Crippen LogP contribution in [0, 0.1) is 0 Å². The standard InChI is InChI=1S/C16H31PS4/c1-5-9-13-15(11-7-3)20-17(18,19)21-16(12-8-4)14-10-6-2/h7-8,15-16H,3-6,9-14H2,1-2H3,(H,18,19). The van der Waals surface area contributed by atoms with Gasteiger partial charge in [0.15, 0.2) is 0 Å². The van der Waals surface area contributed by atoms with Gasteiger partial charge in [0.2, 0.25) is 0 Å². The van der Waals surface area contributed by atoms with Crippen LogP contribution in [0.4, 0.5) is 0 Å². The molecule has 0 heterocycles. The Bertz CT molecular complexity index is 302. The highest BCUT2D eigenvalue weighted by Crippen LogP contribution is 2.76. The third kappa shape index (κ3) is 12.3. The minimum absolute atomic E-state index is 0.592. The molecule has 0 saturated carbocycles. The van der Waals surface area contributed by atoms with Crippen molar-refractivity contribution >= 4 is 50.5 Å². The van der Waals surface area contributed by atoms with Crippen LogP contribution in [0.5, 0.6) is 0 Å². The summed E-state index contributed by atoms with van der Waals surface area (Å²) in [4.78, 5) is 0. The van der Waals surface area contributed by atoms with E-state index in [-0.39, 0.29) is 0 Å². The van der Waals surface area contributed by atoms with E-state index in [9.17, 15) is 0 Å². The molecule has 0 nitrogen and oxygen atoms in total. The molecule has 0 saturated heterocycles. The third-order valence-corrected chi connectivity index (χ3v) is 13.4. The number of rotatable bonds is 14. The predicted octanol–water partition coefficient (Wildman–Crippen LogP) is 7.88. The summed E-state index contributed by atoms with van der Waals surface area (Å²) in [5.41, 5.74) is 0. The summed E-state index contributed by atoms with van der Waals surface area (Å²) in [7, 11) is 0. The summed E-state index contributed by atoms with van der Waals surface area (Å²) in [5.74, 6) is 0. The molecule has 0 aliphatic heterocycles. The Morgan fingerprint density at radius 2 is 1.38 bits per heavy atom. The first-order chi connectivity index (χ1) is 9.99. The molecule has 124 valence electrons. The molecule has 0 aromatic rings. The van der Waals surface area contributed by atoms with Crippen molar-refractivity contribution in [3.05, 3.63) is 25.3 Å². The molecule has 21 heavy (non-hydrogen) atoms. The number of unbranched alkanes of at least 4 members (excludes halogenated alkanes) is 2. The molecule has 0 rings (SSSR count). The summed E-state index contributed by atoms with van der Waals surface area (Å²) < 4.78 is -1.68. The van der Waals surface area contributed by atoms with Crippen molar-refractivity contribution in [3.63, 3.8) is 0 Å². The first-order valence-corrected chi connectivity index (χ1v) is 14.8. The van der Waals surface area contributed by atoms with Gasteiger partial charge in [-0.1, -0.05) is 63.5 Å². The van der Waals surface area contributed by atoms with Crippen LogP contribution in [0.2, 0.25) is 0 Å². The Labute approximate surface area is 151 Å². The summed E-state index contributed by atoms with van der Waals surface area (Å²) >= 11 is 14.6. The second-order valence-corrected chi connectivity index (χ2v) is 20.5. The monoisotopic (exact) mass is 382 g/mol. The topological polar surface area (TPSA) is 0 Å². The Kier molecular flexibility index (Phi) is 14.4. The molecule has 0 amide bonds. The van der Waals surface area contributed by atoms with E-state index in [1.807, 2.05) is 34.9 Å². The van der Waals surface area contributed by atoms with Crippen LogP contribution in [-0.4, -0.2) is 10.5 Å². The van der Waals surface area contributed by atoms with Gasteiger partial charge in [0.05, 0.1) is 0 Å². The van der Waals surface area contributed by atoms with Crippen LogP contribution in [0.3, 0.4) is 0 Å². The number of hydrogen-bond acceptors (Lipinski definition) is 3. The highest BCUT2D eigenvalue weighted by atomic mass is 33.5. The van der Waals surface area contributed by atoms with E-state index in [0.29, 0.717) is 10.5 Å². The van der Waals surface area contributed by atoms with Gasteiger partial charge in [0, 0.05) is 10.5 Å². The van der Waals surface area contributed by atoms with Gasteiger partial charge < -0.3 is 0 Å². The largest absolute Gasteiger partial charge is 0.121 e. The molecule has 0 aliphatic carbocycles. The fraction of sp³-hybridized carbons (Fsp3) is 0.750. The Hall–Kier alpha value is 1.18. The molecule has 5 heteroatoms. The minimum atomic E-state index is -1.68. The van der Waals surface area contributed by atoms with E-state index in [2.05, 4.69) is 27.0 Å². The van der Waals surface area contributed by atoms with Gasteiger partial charge >= 0.3 is 0 Å². The highest BCUT2D eigenvalue weighted by Gasteiger charge is 2.23. The normalized spacial score (nSPS) is 16.9. The highest BCUT2D eigenvalue weighted by molar-refractivity contribution is 9.20. The van der Waals surface area contributed by atoms with Crippen LogP contribution >= 0.6 is 38.7 Å². The smallest absolute Gasteiger partial charge is 0.106 e. The maximum atomic E-state index is 5.86. The van der Waals surface area contributed by atoms with Crippen molar-refractivity contribution in [2.45, 2.75) is 75.7 Å². The summed E-state index contributed by atoms with van der Waals surface area (Å²) in [6.07, 6.45) is 13.6. The molecule has 0 fully saturated rings. The Morgan fingerprint density at radius 3 is 1.67 bits per heavy atom. The fourth-order valence-electron chi connectivity index (χ4n) is 2.06. The predicted molar refractivity (Wildman–Crippen MR) is 115 cm³/mol. The molecule has 0 aromatic heterocycles. The minimum Gasteiger partial charge on any atom is -0.121 e. The number of thiol groups is 1. The second kappa shape index (κ2) is 13.6. The van der Waals surface area contributed by atoms with E-state index in [0.717, 1.165) is 12.8 Å². The molecular weight excluding hydrogens is 351 g/mol. The maximum absolute atomic E-state index is 5.86. The lowest BCUT2D eigenvalue weighted by Crippen LogP contribution is -2.02. The molecule has 2 unspecified atom stereocenters. The van der Waals surface area contributed by atoms with E-state index < -0.39 is 3.64 Å². The second-order valence-electron chi connectivity index (χ2n) is 5.26. The molecule has 0 aromatic carbocycles. The average molecular weight is 383 g/mol.